The summed E-state index contributed by atoms with van der Waals surface area (Å²) in [5.74, 6) is 0. The molecule has 0 aromatic heterocycles. The molecule has 3 unspecified atom stereocenters. The van der Waals surface area contributed by atoms with Crippen LogP contribution in [0.5, 0.6) is 0 Å². The standard InChI is InChI=1S/C13H26N2O/c1-15(11-8-9-16-10-11)13-7-5-3-2-4-6-12(13)14/h11-13H,2-10,14H2,1H3. The van der Waals surface area contributed by atoms with E-state index in [1.807, 2.05) is 0 Å². The van der Waals surface area contributed by atoms with E-state index in [2.05, 4.69) is 11.9 Å². The molecule has 0 aromatic carbocycles. The topological polar surface area (TPSA) is 38.5 Å². The second-order valence-electron chi connectivity index (χ2n) is 5.41. The van der Waals surface area contributed by atoms with E-state index in [0.29, 0.717) is 18.1 Å². The molecule has 3 heteroatoms. The van der Waals surface area contributed by atoms with Crippen LogP contribution in [0, 0.1) is 0 Å². The van der Waals surface area contributed by atoms with Crippen molar-refractivity contribution in [3.63, 3.8) is 0 Å². The molecule has 1 aliphatic carbocycles. The van der Waals surface area contributed by atoms with E-state index in [-0.39, 0.29) is 0 Å². The summed E-state index contributed by atoms with van der Waals surface area (Å²) in [7, 11) is 2.24. The minimum atomic E-state index is 0.367. The van der Waals surface area contributed by atoms with Crippen LogP contribution in [0.3, 0.4) is 0 Å². The van der Waals surface area contributed by atoms with Crippen molar-refractivity contribution < 1.29 is 4.74 Å². The van der Waals surface area contributed by atoms with Gasteiger partial charge < -0.3 is 10.5 Å². The fraction of sp³-hybridized carbons (Fsp3) is 1.00. The molecule has 2 rings (SSSR count). The lowest BCUT2D eigenvalue weighted by Crippen LogP contribution is -2.50. The van der Waals surface area contributed by atoms with E-state index in [1.54, 1.807) is 0 Å². The van der Waals surface area contributed by atoms with Gasteiger partial charge in [0.1, 0.15) is 0 Å². The van der Waals surface area contributed by atoms with Crippen LogP contribution in [0.4, 0.5) is 0 Å². The maximum Gasteiger partial charge on any atom is 0.0622 e. The van der Waals surface area contributed by atoms with Gasteiger partial charge in [0.2, 0.25) is 0 Å². The molecule has 0 aromatic rings. The molecule has 0 bridgehead atoms. The minimum Gasteiger partial charge on any atom is -0.380 e. The van der Waals surface area contributed by atoms with Crippen LogP contribution < -0.4 is 5.73 Å². The largest absolute Gasteiger partial charge is 0.380 e. The first-order chi connectivity index (χ1) is 7.79. The number of rotatable bonds is 2. The van der Waals surface area contributed by atoms with Crippen LogP contribution in [-0.4, -0.2) is 43.3 Å². The minimum absolute atomic E-state index is 0.367. The lowest BCUT2D eigenvalue weighted by Gasteiger charge is -2.37. The first kappa shape index (κ1) is 12.3. The third-order valence-electron chi connectivity index (χ3n) is 4.29. The molecule has 2 aliphatic rings. The number of nitrogens with zero attached hydrogens (tertiary/aromatic N) is 1. The zero-order chi connectivity index (χ0) is 11.4. The molecule has 1 saturated carbocycles. The summed E-state index contributed by atoms with van der Waals surface area (Å²) in [6.07, 6.45) is 9.06. The number of hydrogen-bond donors (Lipinski definition) is 1. The van der Waals surface area contributed by atoms with E-state index in [0.717, 1.165) is 13.2 Å². The molecule has 3 nitrogen and oxygen atoms in total. The third kappa shape index (κ3) is 2.96. The summed E-state index contributed by atoms with van der Waals surface area (Å²) < 4.78 is 5.48. The normalized spacial score (nSPS) is 37.3. The van der Waals surface area contributed by atoms with Gasteiger partial charge in [-0.05, 0) is 26.3 Å². The maximum atomic E-state index is 6.33. The van der Waals surface area contributed by atoms with Gasteiger partial charge in [0, 0.05) is 24.7 Å². The highest BCUT2D eigenvalue weighted by Crippen LogP contribution is 2.23. The zero-order valence-corrected chi connectivity index (χ0v) is 10.5. The van der Waals surface area contributed by atoms with E-state index < -0.39 is 0 Å². The number of nitrogens with two attached hydrogens (primary N) is 1. The number of ether oxygens (including phenoxy) is 1. The molecule has 1 heterocycles. The third-order valence-corrected chi connectivity index (χ3v) is 4.29. The van der Waals surface area contributed by atoms with E-state index in [4.69, 9.17) is 10.5 Å². The van der Waals surface area contributed by atoms with Crippen LogP contribution in [0.2, 0.25) is 0 Å². The Morgan fingerprint density at radius 2 is 1.81 bits per heavy atom. The molecular formula is C13H26N2O. The molecule has 94 valence electrons. The average molecular weight is 226 g/mol. The van der Waals surface area contributed by atoms with Gasteiger partial charge in [-0.1, -0.05) is 25.7 Å². The van der Waals surface area contributed by atoms with Crippen molar-refractivity contribution in [3.05, 3.63) is 0 Å². The molecule has 0 radical (unpaired) electrons. The summed E-state index contributed by atoms with van der Waals surface area (Å²) in [5, 5.41) is 0. The van der Waals surface area contributed by atoms with Gasteiger partial charge in [-0.25, -0.2) is 0 Å². The Bertz CT molecular complexity index is 204. The van der Waals surface area contributed by atoms with Crippen molar-refractivity contribution in [2.45, 2.75) is 63.1 Å². The van der Waals surface area contributed by atoms with Gasteiger partial charge >= 0.3 is 0 Å². The quantitative estimate of drug-likeness (QED) is 0.779. The summed E-state index contributed by atoms with van der Waals surface area (Å²) >= 11 is 0. The summed E-state index contributed by atoms with van der Waals surface area (Å²) in [6.45, 7) is 1.83. The Balaban J connectivity index is 1.92. The van der Waals surface area contributed by atoms with Crippen LogP contribution in [0.25, 0.3) is 0 Å². The Labute approximate surface area is 99.3 Å². The Morgan fingerprint density at radius 3 is 2.50 bits per heavy atom. The van der Waals surface area contributed by atoms with Crippen LogP contribution >= 0.6 is 0 Å². The van der Waals surface area contributed by atoms with Gasteiger partial charge in [-0.3, -0.25) is 4.90 Å². The van der Waals surface area contributed by atoms with Crippen molar-refractivity contribution >= 4 is 0 Å². The molecule has 2 fully saturated rings. The van der Waals surface area contributed by atoms with Crippen LogP contribution in [-0.2, 0) is 4.74 Å². The van der Waals surface area contributed by atoms with Crippen molar-refractivity contribution in [1.82, 2.24) is 4.90 Å². The van der Waals surface area contributed by atoms with Gasteiger partial charge in [-0.2, -0.15) is 0 Å². The lowest BCUT2D eigenvalue weighted by molar-refractivity contribution is 0.108. The van der Waals surface area contributed by atoms with Crippen LogP contribution in [0.15, 0.2) is 0 Å². The van der Waals surface area contributed by atoms with Crippen LogP contribution in [0.1, 0.15) is 44.9 Å². The maximum absolute atomic E-state index is 6.33. The van der Waals surface area contributed by atoms with Gasteiger partial charge in [-0.15, -0.1) is 0 Å². The molecule has 0 spiro atoms. The smallest absolute Gasteiger partial charge is 0.0622 e. The first-order valence-electron chi connectivity index (χ1n) is 6.84. The second-order valence-corrected chi connectivity index (χ2v) is 5.41. The molecule has 1 saturated heterocycles. The highest BCUT2D eigenvalue weighted by Gasteiger charge is 2.29. The van der Waals surface area contributed by atoms with E-state index in [1.165, 1.54) is 44.9 Å². The van der Waals surface area contributed by atoms with Gasteiger partial charge in [0.25, 0.3) is 0 Å². The predicted molar refractivity (Wildman–Crippen MR) is 66.5 cm³/mol. The fourth-order valence-electron chi connectivity index (χ4n) is 3.11. The lowest BCUT2D eigenvalue weighted by atomic mass is 9.91. The summed E-state index contributed by atoms with van der Waals surface area (Å²) in [6, 6.07) is 1.55. The average Bonchev–Trinajstić information content (AvgIpc) is 2.76. The molecular weight excluding hydrogens is 200 g/mol. The second kappa shape index (κ2) is 5.99. The SMILES string of the molecule is CN(C1CCOC1)C1CCCCCCC1N. The zero-order valence-electron chi connectivity index (χ0n) is 10.5. The molecule has 3 atom stereocenters. The highest BCUT2D eigenvalue weighted by molar-refractivity contribution is 4.87. The summed E-state index contributed by atoms with van der Waals surface area (Å²) in [4.78, 5) is 2.50. The first-order valence-corrected chi connectivity index (χ1v) is 6.84. The fourth-order valence-corrected chi connectivity index (χ4v) is 3.11. The number of hydrogen-bond acceptors (Lipinski definition) is 3. The molecule has 2 N–H and O–H groups in total. The Morgan fingerprint density at radius 1 is 1.06 bits per heavy atom. The monoisotopic (exact) mass is 226 g/mol. The van der Waals surface area contributed by atoms with Gasteiger partial charge in [0.05, 0.1) is 6.61 Å². The van der Waals surface area contributed by atoms with Crippen molar-refractivity contribution in [3.8, 4) is 0 Å². The van der Waals surface area contributed by atoms with Crippen molar-refractivity contribution in [1.29, 1.82) is 0 Å². The highest BCUT2D eigenvalue weighted by atomic mass is 16.5. The van der Waals surface area contributed by atoms with Crippen molar-refractivity contribution in [2.75, 3.05) is 20.3 Å². The molecule has 1 aliphatic heterocycles. The Kier molecular flexibility index (Phi) is 4.62. The van der Waals surface area contributed by atoms with Crippen molar-refractivity contribution in [2.24, 2.45) is 5.73 Å². The number of likely N-dealkylation sites (N-methyl/N-ethyl adjacent to an activating group) is 1. The van der Waals surface area contributed by atoms with E-state index >= 15 is 0 Å². The van der Waals surface area contributed by atoms with E-state index in [9.17, 15) is 0 Å². The Hall–Kier alpha value is -0.120. The molecule has 0 amide bonds. The predicted octanol–water partition coefficient (Wildman–Crippen LogP) is 1.76. The molecule has 16 heavy (non-hydrogen) atoms. The summed E-state index contributed by atoms with van der Waals surface area (Å²) in [5.41, 5.74) is 6.33. The van der Waals surface area contributed by atoms with Gasteiger partial charge in [0.15, 0.2) is 0 Å².